The van der Waals surface area contributed by atoms with Crippen molar-refractivity contribution in [1.82, 2.24) is 4.72 Å². The first-order chi connectivity index (χ1) is 12.0. The molecule has 0 saturated carbocycles. The van der Waals surface area contributed by atoms with Gasteiger partial charge in [0.25, 0.3) is 0 Å². The van der Waals surface area contributed by atoms with Crippen LogP contribution in [0.5, 0.6) is 0 Å². The van der Waals surface area contributed by atoms with Crippen LogP contribution in [0.1, 0.15) is 5.56 Å². The van der Waals surface area contributed by atoms with Crippen molar-refractivity contribution in [2.75, 3.05) is 12.3 Å². The van der Waals surface area contributed by atoms with E-state index >= 15 is 0 Å². The van der Waals surface area contributed by atoms with Crippen LogP contribution in [0, 0.1) is 0 Å². The Hall–Kier alpha value is -1.53. The van der Waals surface area contributed by atoms with Crippen LogP contribution in [0.25, 0.3) is 10.8 Å². The van der Waals surface area contributed by atoms with Crippen LogP contribution >= 0.6 is 23.4 Å². The van der Waals surface area contributed by atoms with Gasteiger partial charge in [0.2, 0.25) is 10.0 Å². The zero-order chi connectivity index (χ0) is 17.7. The SMILES string of the molecule is O=S(=O)(NCCSCc1cccc(Cl)c1)c1ccc2ccccc2c1. The molecule has 3 aromatic carbocycles. The van der Waals surface area contributed by atoms with Crippen LogP contribution in [0.15, 0.2) is 71.6 Å². The predicted octanol–water partition coefficient (Wildman–Crippen LogP) is 4.70. The average Bonchev–Trinajstić information content (AvgIpc) is 2.61. The van der Waals surface area contributed by atoms with Crippen LogP contribution in [0.3, 0.4) is 0 Å². The van der Waals surface area contributed by atoms with Crippen molar-refractivity contribution in [3.63, 3.8) is 0 Å². The second-order valence-corrected chi connectivity index (χ2v) is 8.90. The van der Waals surface area contributed by atoms with E-state index in [-0.39, 0.29) is 0 Å². The summed E-state index contributed by atoms with van der Waals surface area (Å²) in [5.41, 5.74) is 1.13. The van der Waals surface area contributed by atoms with Gasteiger partial charge in [-0.2, -0.15) is 11.8 Å². The quantitative estimate of drug-likeness (QED) is 0.593. The Bertz CT molecular complexity index is 974. The first kappa shape index (κ1) is 18.3. The summed E-state index contributed by atoms with van der Waals surface area (Å²) in [6, 6.07) is 20.6. The molecule has 0 aliphatic heterocycles. The van der Waals surface area contributed by atoms with E-state index in [2.05, 4.69) is 4.72 Å². The van der Waals surface area contributed by atoms with Crippen molar-refractivity contribution < 1.29 is 8.42 Å². The van der Waals surface area contributed by atoms with Crippen molar-refractivity contribution in [3.05, 3.63) is 77.3 Å². The molecular weight excluding hydrogens is 374 g/mol. The highest BCUT2D eigenvalue weighted by molar-refractivity contribution is 7.98. The van der Waals surface area contributed by atoms with Crippen LogP contribution in [0.4, 0.5) is 0 Å². The molecular formula is C19H18ClNO2S2. The van der Waals surface area contributed by atoms with Crippen LogP contribution in [0.2, 0.25) is 5.02 Å². The van der Waals surface area contributed by atoms with E-state index in [9.17, 15) is 8.42 Å². The molecule has 3 nitrogen and oxygen atoms in total. The summed E-state index contributed by atoms with van der Waals surface area (Å²) in [6.07, 6.45) is 0. The summed E-state index contributed by atoms with van der Waals surface area (Å²) in [6.45, 7) is 0.389. The third-order valence-electron chi connectivity index (χ3n) is 3.73. The number of halogens is 1. The maximum absolute atomic E-state index is 12.4. The molecule has 0 bridgehead atoms. The van der Waals surface area contributed by atoms with Gasteiger partial charge in [-0.15, -0.1) is 0 Å². The number of nitrogens with one attached hydrogen (secondary N) is 1. The second-order valence-electron chi connectivity index (χ2n) is 5.59. The molecule has 3 rings (SSSR count). The van der Waals surface area contributed by atoms with Gasteiger partial charge in [0.15, 0.2) is 0 Å². The topological polar surface area (TPSA) is 46.2 Å². The molecule has 0 saturated heterocycles. The lowest BCUT2D eigenvalue weighted by Gasteiger charge is -2.08. The molecule has 0 spiro atoms. The van der Waals surface area contributed by atoms with E-state index in [1.165, 1.54) is 0 Å². The van der Waals surface area contributed by atoms with Gasteiger partial charge in [0.1, 0.15) is 0 Å². The van der Waals surface area contributed by atoms with Gasteiger partial charge in [-0.05, 0) is 40.6 Å². The Balaban J connectivity index is 1.54. The Kier molecular flexibility index (Phi) is 6.02. The number of sulfonamides is 1. The standard InChI is InChI=1S/C19H18ClNO2S2/c20-18-7-3-4-15(12-18)14-24-11-10-21-25(22,23)19-9-8-16-5-1-2-6-17(16)13-19/h1-9,12-13,21H,10-11,14H2. The maximum Gasteiger partial charge on any atom is 0.240 e. The fourth-order valence-electron chi connectivity index (χ4n) is 2.48. The number of rotatable bonds is 7. The molecule has 0 radical (unpaired) electrons. The molecule has 0 aliphatic carbocycles. The minimum absolute atomic E-state index is 0.297. The minimum Gasteiger partial charge on any atom is -0.210 e. The molecule has 0 aliphatic rings. The van der Waals surface area contributed by atoms with E-state index in [0.29, 0.717) is 17.2 Å². The van der Waals surface area contributed by atoms with Crippen LogP contribution in [-0.4, -0.2) is 20.7 Å². The van der Waals surface area contributed by atoms with Gasteiger partial charge >= 0.3 is 0 Å². The number of thioether (sulfide) groups is 1. The molecule has 0 heterocycles. The minimum atomic E-state index is -3.49. The zero-order valence-corrected chi connectivity index (χ0v) is 15.9. The van der Waals surface area contributed by atoms with Gasteiger partial charge in [-0.25, -0.2) is 13.1 Å². The van der Waals surface area contributed by atoms with E-state index in [0.717, 1.165) is 27.1 Å². The van der Waals surface area contributed by atoms with Crippen molar-refractivity contribution in [2.24, 2.45) is 0 Å². The summed E-state index contributed by atoms with van der Waals surface area (Å²) >= 11 is 7.62. The number of benzene rings is 3. The fourth-order valence-corrected chi connectivity index (χ4v) is 4.70. The van der Waals surface area contributed by atoms with Crippen LogP contribution < -0.4 is 4.72 Å². The highest BCUT2D eigenvalue weighted by Gasteiger charge is 2.13. The number of hydrogen-bond acceptors (Lipinski definition) is 3. The van der Waals surface area contributed by atoms with Crippen molar-refractivity contribution >= 4 is 44.2 Å². The molecule has 3 aromatic rings. The Labute approximate surface area is 157 Å². The third-order valence-corrected chi connectivity index (χ3v) is 6.45. The molecule has 25 heavy (non-hydrogen) atoms. The molecule has 6 heteroatoms. The summed E-state index contributed by atoms with van der Waals surface area (Å²) in [5, 5.41) is 2.66. The molecule has 1 N–H and O–H groups in total. The Morgan fingerprint density at radius 1 is 0.920 bits per heavy atom. The summed E-state index contributed by atoms with van der Waals surface area (Å²) in [4.78, 5) is 0.297. The molecule has 130 valence electrons. The van der Waals surface area contributed by atoms with Gasteiger partial charge in [0, 0.05) is 23.1 Å². The summed E-state index contributed by atoms with van der Waals surface area (Å²) in [5.74, 6) is 1.50. The molecule has 0 atom stereocenters. The first-order valence-corrected chi connectivity index (χ1v) is 10.9. The Morgan fingerprint density at radius 2 is 1.72 bits per heavy atom. The maximum atomic E-state index is 12.4. The second kappa shape index (κ2) is 8.23. The van der Waals surface area contributed by atoms with Gasteiger partial charge in [0.05, 0.1) is 4.90 Å². The van der Waals surface area contributed by atoms with Crippen molar-refractivity contribution in [3.8, 4) is 0 Å². The smallest absolute Gasteiger partial charge is 0.210 e. The van der Waals surface area contributed by atoms with E-state index in [4.69, 9.17) is 11.6 Å². The number of fused-ring (bicyclic) bond motifs is 1. The third kappa shape index (κ3) is 4.98. The molecule has 0 unspecified atom stereocenters. The van der Waals surface area contributed by atoms with Crippen LogP contribution in [-0.2, 0) is 15.8 Å². The predicted molar refractivity (Wildman–Crippen MR) is 107 cm³/mol. The lowest BCUT2D eigenvalue weighted by molar-refractivity contribution is 0.584. The van der Waals surface area contributed by atoms with Gasteiger partial charge in [-0.1, -0.05) is 54.1 Å². The van der Waals surface area contributed by atoms with Crippen molar-refractivity contribution in [1.29, 1.82) is 0 Å². The van der Waals surface area contributed by atoms with E-state index in [1.807, 2.05) is 54.6 Å². The first-order valence-electron chi connectivity index (χ1n) is 7.85. The zero-order valence-electron chi connectivity index (χ0n) is 13.5. The average molecular weight is 392 g/mol. The largest absolute Gasteiger partial charge is 0.240 e. The molecule has 0 fully saturated rings. The monoisotopic (exact) mass is 391 g/mol. The fraction of sp³-hybridized carbons (Fsp3) is 0.158. The van der Waals surface area contributed by atoms with E-state index in [1.54, 1.807) is 23.9 Å². The van der Waals surface area contributed by atoms with E-state index < -0.39 is 10.0 Å². The molecule has 0 amide bonds. The van der Waals surface area contributed by atoms with Gasteiger partial charge < -0.3 is 0 Å². The highest BCUT2D eigenvalue weighted by atomic mass is 35.5. The Morgan fingerprint density at radius 3 is 2.52 bits per heavy atom. The highest BCUT2D eigenvalue weighted by Crippen LogP contribution is 2.19. The molecule has 0 aromatic heterocycles. The van der Waals surface area contributed by atoms with Gasteiger partial charge in [-0.3, -0.25) is 0 Å². The summed E-state index contributed by atoms with van der Waals surface area (Å²) < 4.78 is 27.5. The number of hydrogen-bond donors (Lipinski definition) is 1. The summed E-state index contributed by atoms with van der Waals surface area (Å²) in [7, 11) is -3.49. The lowest BCUT2D eigenvalue weighted by atomic mass is 10.1. The normalized spacial score (nSPS) is 11.7. The van der Waals surface area contributed by atoms with Crippen molar-refractivity contribution in [2.45, 2.75) is 10.6 Å². The lowest BCUT2D eigenvalue weighted by Crippen LogP contribution is -2.26.